The predicted molar refractivity (Wildman–Crippen MR) is 89.1 cm³/mol. The lowest BCUT2D eigenvalue weighted by atomic mass is 10.1. The normalized spacial score (nSPS) is 14.1. The molecule has 0 unspecified atom stereocenters. The molecule has 2 rings (SSSR count). The van der Waals surface area contributed by atoms with Crippen LogP contribution in [0.5, 0.6) is 0 Å². The molecule has 3 N–H and O–H groups in total. The first-order valence-corrected chi connectivity index (χ1v) is 8.30. The molecule has 0 aliphatic heterocycles. The fraction of sp³-hybridized carbons (Fsp3) is 0.438. The predicted octanol–water partition coefficient (Wildman–Crippen LogP) is 2.63. The lowest BCUT2D eigenvalue weighted by Crippen LogP contribution is -2.41. The van der Waals surface area contributed by atoms with E-state index in [9.17, 15) is 9.90 Å². The molecule has 114 valence electrons. The van der Waals surface area contributed by atoms with Crippen molar-refractivity contribution in [1.29, 1.82) is 0 Å². The standard InChI is InChI=1S/C16H22N2O2S/c1-9-5-6-13-12(7-9)10(2)15(18-13)16(20)17-11(3)14(8-19)21-4/h5-7,11,14,18-19H,8H2,1-4H3,(H,17,20)/t11-,14-/m0/s1. The van der Waals surface area contributed by atoms with Crippen molar-refractivity contribution in [3.8, 4) is 0 Å². The van der Waals surface area contributed by atoms with Gasteiger partial charge in [0.2, 0.25) is 0 Å². The molecule has 0 fully saturated rings. The van der Waals surface area contributed by atoms with E-state index in [1.54, 1.807) is 11.8 Å². The molecule has 0 saturated heterocycles. The summed E-state index contributed by atoms with van der Waals surface area (Å²) >= 11 is 1.55. The van der Waals surface area contributed by atoms with E-state index in [-0.39, 0.29) is 23.8 Å². The minimum absolute atomic E-state index is 0.000814. The van der Waals surface area contributed by atoms with E-state index in [2.05, 4.69) is 16.4 Å². The quantitative estimate of drug-likeness (QED) is 0.795. The summed E-state index contributed by atoms with van der Waals surface area (Å²) in [6.45, 7) is 5.96. The molecule has 1 aromatic carbocycles. The number of aromatic amines is 1. The minimum atomic E-state index is -0.124. The Morgan fingerprint density at radius 1 is 1.43 bits per heavy atom. The van der Waals surface area contributed by atoms with Crippen LogP contribution < -0.4 is 5.32 Å². The monoisotopic (exact) mass is 306 g/mol. The maximum atomic E-state index is 12.4. The van der Waals surface area contributed by atoms with E-state index in [4.69, 9.17) is 0 Å². The number of H-pyrrole nitrogens is 1. The van der Waals surface area contributed by atoms with Crippen molar-refractivity contribution in [1.82, 2.24) is 10.3 Å². The second kappa shape index (κ2) is 6.54. The molecular weight excluding hydrogens is 284 g/mol. The van der Waals surface area contributed by atoms with E-state index in [0.717, 1.165) is 16.5 Å². The molecule has 0 bridgehead atoms. The highest BCUT2D eigenvalue weighted by Gasteiger charge is 2.21. The van der Waals surface area contributed by atoms with Gasteiger partial charge in [0.05, 0.1) is 6.61 Å². The van der Waals surface area contributed by atoms with Gasteiger partial charge in [-0.1, -0.05) is 11.6 Å². The van der Waals surface area contributed by atoms with E-state index >= 15 is 0 Å². The molecule has 21 heavy (non-hydrogen) atoms. The van der Waals surface area contributed by atoms with Crippen molar-refractivity contribution >= 4 is 28.6 Å². The maximum absolute atomic E-state index is 12.4. The van der Waals surface area contributed by atoms with E-state index < -0.39 is 0 Å². The second-order valence-electron chi connectivity index (χ2n) is 5.39. The maximum Gasteiger partial charge on any atom is 0.268 e. The summed E-state index contributed by atoms with van der Waals surface area (Å²) in [6.07, 6.45) is 1.93. The number of benzene rings is 1. The number of nitrogens with one attached hydrogen (secondary N) is 2. The second-order valence-corrected chi connectivity index (χ2v) is 6.47. The van der Waals surface area contributed by atoms with E-state index in [1.807, 2.05) is 39.2 Å². The zero-order valence-electron chi connectivity index (χ0n) is 12.9. The molecule has 0 aliphatic rings. The number of thioether (sulfide) groups is 1. The van der Waals surface area contributed by atoms with E-state index in [0.29, 0.717) is 5.69 Å². The van der Waals surface area contributed by atoms with Crippen LogP contribution in [0.15, 0.2) is 18.2 Å². The Bertz CT molecular complexity index is 647. The minimum Gasteiger partial charge on any atom is -0.395 e. The number of carbonyl (C=O) groups excluding carboxylic acids is 1. The van der Waals surface area contributed by atoms with Crippen molar-refractivity contribution in [2.75, 3.05) is 12.9 Å². The lowest BCUT2D eigenvalue weighted by Gasteiger charge is -2.21. The van der Waals surface area contributed by atoms with Gasteiger partial charge in [-0.05, 0) is 44.7 Å². The Kier molecular flexibility index (Phi) is 4.96. The van der Waals surface area contributed by atoms with Gasteiger partial charge in [0.25, 0.3) is 5.91 Å². The summed E-state index contributed by atoms with van der Waals surface area (Å²) in [5.74, 6) is -0.124. The molecule has 0 radical (unpaired) electrons. The number of aromatic nitrogens is 1. The van der Waals surface area contributed by atoms with Gasteiger partial charge >= 0.3 is 0 Å². The Morgan fingerprint density at radius 3 is 2.76 bits per heavy atom. The number of aliphatic hydroxyl groups is 1. The molecule has 2 atom stereocenters. The number of fused-ring (bicyclic) bond motifs is 1. The summed E-state index contributed by atoms with van der Waals surface area (Å²) in [7, 11) is 0. The van der Waals surface area contributed by atoms with Crippen LogP contribution in [0, 0.1) is 13.8 Å². The number of hydrogen-bond donors (Lipinski definition) is 3. The number of amides is 1. The van der Waals surface area contributed by atoms with Crippen LogP contribution in [0.25, 0.3) is 10.9 Å². The highest BCUT2D eigenvalue weighted by molar-refractivity contribution is 7.99. The Morgan fingerprint density at radius 2 is 2.14 bits per heavy atom. The number of carbonyl (C=O) groups is 1. The van der Waals surface area contributed by atoms with E-state index in [1.165, 1.54) is 5.56 Å². The fourth-order valence-electron chi connectivity index (χ4n) is 2.48. The highest BCUT2D eigenvalue weighted by Crippen LogP contribution is 2.23. The molecule has 4 nitrogen and oxygen atoms in total. The SMILES string of the molecule is CS[C@@H](CO)[C@H](C)NC(=O)c1[nH]c2ccc(C)cc2c1C. The summed E-state index contributed by atoms with van der Waals surface area (Å²) in [4.78, 5) is 15.6. The van der Waals surface area contributed by atoms with Gasteiger partial charge in [0.1, 0.15) is 5.69 Å². The first-order valence-electron chi connectivity index (χ1n) is 7.01. The van der Waals surface area contributed by atoms with Crippen LogP contribution in [-0.4, -0.2) is 40.2 Å². The van der Waals surface area contributed by atoms with Gasteiger partial charge in [0.15, 0.2) is 0 Å². The molecular formula is C16H22N2O2S. The van der Waals surface area contributed by atoms with Crippen LogP contribution in [0.4, 0.5) is 0 Å². The van der Waals surface area contributed by atoms with Gasteiger partial charge in [-0.2, -0.15) is 11.8 Å². The van der Waals surface area contributed by atoms with Gasteiger partial charge in [-0.15, -0.1) is 0 Å². The molecule has 0 spiro atoms. The van der Waals surface area contributed by atoms with Crippen LogP contribution in [0.2, 0.25) is 0 Å². The summed E-state index contributed by atoms with van der Waals surface area (Å²) in [5, 5.41) is 13.3. The summed E-state index contributed by atoms with van der Waals surface area (Å²) < 4.78 is 0. The molecule has 2 aromatic rings. The van der Waals surface area contributed by atoms with Crippen LogP contribution in [0.3, 0.4) is 0 Å². The molecule has 0 saturated carbocycles. The Labute approximate surface area is 129 Å². The van der Waals surface area contributed by atoms with Crippen LogP contribution in [-0.2, 0) is 0 Å². The topological polar surface area (TPSA) is 65.1 Å². The third kappa shape index (κ3) is 3.24. The molecule has 1 heterocycles. The van der Waals surface area contributed by atoms with Crippen LogP contribution in [0.1, 0.15) is 28.5 Å². The third-order valence-electron chi connectivity index (χ3n) is 3.84. The highest BCUT2D eigenvalue weighted by atomic mass is 32.2. The molecule has 1 aromatic heterocycles. The van der Waals surface area contributed by atoms with Crippen molar-refractivity contribution < 1.29 is 9.90 Å². The number of aryl methyl sites for hydroxylation is 2. The van der Waals surface area contributed by atoms with Crippen molar-refractivity contribution in [3.05, 3.63) is 35.0 Å². The zero-order valence-corrected chi connectivity index (χ0v) is 13.7. The Hall–Kier alpha value is -1.46. The first kappa shape index (κ1) is 15.9. The first-order chi connectivity index (χ1) is 9.97. The molecule has 5 heteroatoms. The summed E-state index contributed by atoms with van der Waals surface area (Å²) in [5.41, 5.74) is 3.70. The third-order valence-corrected chi connectivity index (χ3v) is 5.00. The number of aliphatic hydroxyl groups excluding tert-OH is 1. The van der Waals surface area contributed by atoms with Gasteiger partial charge in [-0.3, -0.25) is 4.79 Å². The van der Waals surface area contributed by atoms with Gasteiger partial charge in [0, 0.05) is 22.2 Å². The smallest absolute Gasteiger partial charge is 0.268 e. The van der Waals surface area contributed by atoms with Crippen molar-refractivity contribution in [3.63, 3.8) is 0 Å². The fourth-order valence-corrected chi connectivity index (χ4v) is 3.10. The average Bonchev–Trinajstić information content (AvgIpc) is 2.77. The lowest BCUT2D eigenvalue weighted by molar-refractivity contribution is 0.0931. The molecule has 0 aliphatic carbocycles. The average molecular weight is 306 g/mol. The summed E-state index contributed by atoms with van der Waals surface area (Å²) in [6, 6.07) is 6.01. The zero-order chi connectivity index (χ0) is 15.6. The van der Waals surface area contributed by atoms with Crippen molar-refractivity contribution in [2.24, 2.45) is 0 Å². The van der Waals surface area contributed by atoms with Gasteiger partial charge in [-0.25, -0.2) is 0 Å². The van der Waals surface area contributed by atoms with Gasteiger partial charge < -0.3 is 15.4 Å². The number of rotatable bonds is 5. The largest absolute Gasteiger partial charge is 0.395 e. The number of hydrogen-bond acceptors (Lipinski definition) is 3. The van der Waals surface area contributed by atoms with Crippen LogP contribution >= 0.6 is 11.8 Å². The van der Waals surface area contributed by atoms with Crippen molar-refractivity contribution in [2.45, 2.75) is 32.1 Å². The Balaban J connectivity index is 2.25. The molecule has 1 amide bonds.